The van der Waals surface area contributed by atoms with Crippen LogP contribution in [0.5, 0.6) is 17.2 Å². The second-order valence-corrected chi connectivity index (χ2v) is 9.21. The SMILES string of the molecule is COc1cc(/C=C/C(=O)Nc2nnc(SCc3ccc(Cl)c(Cl)c3)s2)cc(OC)c1OC. The number of nitrogens with zero attached hydrogens (tertiary/aromatic N) is 2. The Kier molecular flexibility index (Phi) is 8.63. The van der Waals surface area contributed by atoms with Crippen molar-refractivity contribution in [1.29, 1.82) is 0 Å². The number of halogens is 2. The van der Waals surface area contributed by atoms with Gasteiger partial charge < -0.3 is 14.2 Å². The maximum absolute atomic E-state index is 12.3. The van der Waals surface area contributed by atoms with Gasteiger partial charge in [-0.25, -0.2) is 0 Å². The average Bonchev–Trinajstić information content (AvgIpc) is 3.24. The fourth-order valence-electron chi connectivity index (χ4n) is 2.61. The molecule has 1 heterocycles. The molecule has 0 atom stereocenters. The van der Waals surface area contributed by atoms with E-state index in [1.165, 1.54) is 50.5 Å². The van der Waals surface area contributed by atoms with Crippen molar-refractivity contribution in [3.8, 4) is 17.2 Å². The van der Waals surface area contributed by atoms with Crippen molar-refractivity contribution in [1.82, 2.24) is 10.2 Å². The van der Waals surface area contributed by atoms with Crippen LogP contribution in [0.3, 0.4) is 0 Å². The number of nitrogens with one attached hydrogen (secondary N) is 1. The normalized spacial score (nSPS) is 10.9. The summed E-state index contributed by atoms with van der Waals surface area (Å²) in [4.78, 5) is 12.3. The first-order valence-electron chi connectivity index (χ1n) is 9.12. The van der Waals surface area contributed by atoms with E-state index in [4.69, 9.17) is 37.4 Å². The molecule has 0 fully saturated rings. The third-order valence-electron chi connectivity index (χ3n) is 4.10. The lowest BCUT2D eigenvalue weighted by atomic mass is 10.1. The van der Waals surface area contributed by atoms with E-state index in [1.54, 1.807) is 24.3 Å². The molecule has 11 heteroatoms. The highest BCUT2D eigenvalue weighted by molar-refractivity contribution is 8.00. The number of aromatic nitrogens is 2. The Balaban J connectivity index is 1.60. The maximum atomic E-state index is 12.3. The number of rotatable bonds is 9. The van der Waals surface area contributed by atoms with E-state index >= 15 is 0 Å². The first kappa shape index (κ1) is 24.2. The molecule has 0 aliphatic rings. The summed E-state index contributed by atoms with van der Waals surface area (Å²) >= 11 is 14.8. The van der Waals surface area contributed by atoms with Gasteiger partial charge in [0.05, 0.1) is 31.4 Å². The lowest BCUT2D eigenvalue weighted by Crippen LogP contribution is -2.07. The molecular weight excluding hydrogens is 493 g/mol. The van der Waals surface area contributed by atoms with Gasteiger partial charge in [-0.05, 0) is 41.5 Å². The summed E-state index contributed by atoms with van der Waals surface area (Å²) in [6.07, 6.45) is 3.03. The van der Waals surface area contributed by atoms with Crippen LogP contribution >= 0.6 is 46.3 Å². The van der Waals surface area contributed by atoms with Crippen molar-refractivity contribution in [2.45, 2.75) is 10.1 Å². The summed E-state index contributed by atoms with van der Waals surface area (Å²) in [7, 11) is 4.59. The summed E-state index contributed by atoms with van der Waals surface area (Å²) < 4.78 is 16.7. The van der Waals surface area contributed by atoms with E-state index in [9.17, 15) is 4.79 Å². The Bertz CT molecular complexity index is 1110. The molecule has 32 heavy (non-hydrogen) atoms. The zero-order valence-electron chi connectivity index (χ0n) is 17.3. The number of methoxy groups -OCH3 is 3. The maximum Gasteiger partial charge on any atom is 0.250 e. The molecule has 2 aromatic carbocycles. The first-order valence-corrected chi connectivity index (χ1v) is 11.7. The molecule has 1 aromatic heterocycles. The van der Waals surface area contributed by atoms with Crippen molar-refractivity contribution >= 4 is 63.4 Å². The second-order valence-electron chi connectivity index (χ2n) is 6.19. The van der Waals surface area contributed by atoms with Crippen molar-refractivity contribution < 1.29 is 19.0 Å². The topological polar surface area (TPSA) is 82.6 Å². The van der Waals surface area contributed by atoms with Crippen LogP contribution in [-0.2, 0) is 10.5 Å². The number of thioether (sulfide) groups is 1. The van der Waals surface area contributed by atoms with Gasteiger partial charge >= 0.3 is 0 Å². The molecule has 1 amide bonds. The van der Waals surface area contributed by atoms with Crippen molar-refractivity contribution in [2.24, 2.45) is 0 Å². The highest BCUT2D eigenvalue weighted by atomic mass is 35.5. The molecule has 0 spiro atoms. The van der Waals surface area contributed by atoms with Gasteiger partial charge in [0.25, 0.3) is 0 Å². The molecule has 0 bridgehead atoms. The van der Waals surface area contributed by atoms with Crippen LogP contribution in [0.4, 0.5) is 5.13 Å². The van der Waals surface area contributed by atoms with E-state index in [-0.39, 0.29) is 5.91 Å². The molecule has 7 nitrogen and oxygen atoms in total. The Morgan fingerprint density at radius 3 is 2.41 bits per heavy atom. The minimum absolute atomic E-state index is 0.337. The summed E-state index contributed by atoms with van der Waals surface area (Å²) in [5, 5.41) is 12.2. The van der Waals surface area contributed by atoms with Gasteiger partial charge in [0, 0.05) is 11.8 Å². The van der Waals surface area contributed by atoms with Crippen molar-refractivity contribution in [2.75, 3.05) is 26.6 Å². The number of ether oxygens (including phenoxy) is 3. The second kappa shape index (κ2) is 11.4. The van der Waals surface area contributed by atoms with Gasteiger partial charge in [0.1, 0.15) is 0 Å². The van der Waals surface area contributed by atoms with Crippen LogP contribution in [-0.4, -0.2) is 37.4 Å². The summed E-state index contributed by atoms with van der Waals surface area (Å²) in [6.45, 7) is 0. The first-order chi connectivity index (χ1) is 15.4. The monoisotopic (exact) mass is 511 g/mol. The van der Waals surface area contributed by atoms with Crippen molar-refractivity contribution in [3.63, 3.8) is 0 Å². The van der Waals surface area contributed by atoms with Crippen LogP contribution in [0, 0.1) is 0 Å². The molecule has 0 radical (unpaired) electrons. The van der Waals surface area contributed by atoms with Crippen LogP contribution in [0.25, 0.3) is 6.08 Å². The van der Waals surface area contributed by atoms with Crippen LogP contribution < -0.4 is 19.5 Å². The molecular formula is C21H19Cl2N3O4S2. The predicted octanol–water partition coefficient (Wildman–Crippen LogP) is 5.81. The lowest BCUT2D eigenvalue weighted by Gasteiger charge is -2.12. The summed E-state index contributed by atoms with van der Waals surface area (Å²) in [5.74, 6) is 1.80. The highest BCUT2D eigenvalue weighted by Gasteiger charge is 2.13. The van der Waals surface area contributed by atoms with E-state index < -0.39 is 0 Å². The molecule has 0 aliphatic heterocycles. The molecule has 0 saturated heterocycles. The molecule has 3 aromatic rings. The molecule has 0 saturated carbocycles. The smallest absolute Gasteiger partial charge is 0.250 e. The molecule has 168 valence electrons. The number of carbonyl (C=O) groups is 1. The number of anilines is 1. The Labute approximate surface area is 203 Å². The quantitative estimate of drug-likeness (QED) is 0.220. The minimum Gasteiger partial charge on any atom is -0.493 e. The fraction of sp³-hybridized carbons (Fsp3) is 0.190. The lowest BCUT2D eigenvalue weighted by molar-refractivity contribution is -0.111. The minimum atomic E-state index is -0.337. The largest absolute Gasteiger partial charge is 0.493 e. The standard InChI is InChI=1S/C21H19Cl2N3O4S2/c1-28-16-9-12(10-17(29-2)19(16)30-3)5-7-18(27)24-20-25-26-21(32-20)31-11-13-4-6-14(22)15(23)8-13/h4-10H,11H2,1-3H3,(H,24,25,27)/b7-5+. The number of amides is 1. The number of carbonyl (C=O) groups excluding carboxylic acids is 1. The van der Waals surface area contributed by atoms with Crippen molar-refractivity contribution in [3.05, 3.63) is 57.6 Å². The van der Waals surface area contributed by atoms with Gasteiger partial charge in [0.15, 0.2) is 15.8 Å². The van der Waals surface area contributed by atoms with E-state index in [2.05, 4.69) is 15.5 Å². The summed E-state index contributed by atoms with van der Waals surface area (Å²) in [5.41, 5.74) is 1.73. The highest BCUT2D eigenvalue weighted by Crippen LogP contribution is 2.38. The zero-order valence-corrected chi connectivity index (χ0v) is 20.5. The van der Waals surface area contributed by atoms with E-state index in [0.29, 0.717) is 43.7 Å². The summed E-state index contributed by atoms with van der Waals surface area (Å²) in [6, 6.07) is 8.96. The Morgan fingerprint density at radius 1 is 1.06 bits per heavy atom. The van der Waals surface area contributed by atoms with Gasteiger partial charge in [-0.15, -0.1) is 10.2 Å². The van der Waals surface area contributed by atoms with Crippen LogP contribution in [0.15, 0.2) is 40.7 Å². The van der Waals surface area contributed by atoms with Gasteiger partial charge in [-0.2, -0.15) is 0 Å². The van der Waals surface area contributed by atoms with E-state index in [1.807, 2.05) is 12.1 Å². The van der Waals surface area contributed by atoms with Crippen LogP contribution in [0.2, 0.25) is 10.0 Å². The van der Waals surface area contributed by atoms with Gasteiger partial charge in [-0.3, -0.25) is 10.1 Å². The Morgan fingerprint density at radius 2 is 1.78 bits per heavy atom. The number of hydrogen-bond acceptors (Lipinski definition) is 8. The average molecular weight is 512 g/mol. The number of benzene rings is 2. The van der Waals surface area contributed by atoms with Crippen LogP contribution in [0.1, 0.15) is 11.1 Å². The third kappa shape index (κ3) is 6.29. The Hall–Kier alpha value is -2.46. The molecule has 3 rings (SSSR count). The number of hydrogen-bond donors (Lipinski definition) is 1. The molecule has 0 unspecified atom stereocenters. The van der Waals surface area contributed by atoms with Gasteiger partial charge in [-0.1, -0.05) is 52.4 Å². The predicted molar refractivity (Wildman–Crippen MR) is 130 cm³/mol. The van der Waals surface area contributed by atoms with E-state index in [0.717, 1.165) is 9.90 Å². The molecule has 1 N–H and O–H groups in total. The third-order valence-corrected chi connectivity index (χ3v) is 6.88. The molecule has 0 aliphatic carbocycles. The zero-order chi connectivity index (χ0) is 23.1. The van der Waals surface area contributed by atoms with Gasteiger partial charge in [0.2, 0.25) is 16.8 Å². The fourth-order valence-corrected chi connectivity index (χ4v) is 4.63.